The van der Waals surface area contributed by atoms with Crippen molar-refractivity contribution >= 4 is 46.5 Å². The van der Waals surface area contributed by atoms with Gasteiger partial charge in [-0.2, -0.15) is 13.2 Å². The van der Waals surface area contributed by atoms with Gasteiger partial charge in [-0.3, -0.25) is 19.3 Å². The van der Waals surface area contributed by atoms with Crippen LogP contribution in [0.3, 0.4) is 0 Å². The molecular formula is C25H17F3N2O7S. The average Bonchev–Trinajstić information content (AvgIpc) is 3.43. The molecule has 0 spiro atoms. The van der Waals surface area contributed by atoms with Crippen molar-refractivity contribution in [2.24, 2.45) is 0 Å². The summed E-state index contributed by atoms with van der Waals surface area (Å²) in [6, 6.07) is 11.6. The highest BCUT2D eigenvalue weighted by atomic mass is 32.2. The lowest BCUT2D eigenvalue weighted by atomic mass is 10.1. The van der Waals surface area contributed by atoms with Gasteiger partial charge in [0.1, 0.15) is 23.8 Å². The summed E-state index contributed by atoms with van der Waals surface area (Å²) in [5.74, 6) is -2.18. The molecule has 4 rings (SSSR count). The van der Waals surface area contributed by atoms with Gasteiger partial charge in [0, 0.05) is 11.6 Å². The molecule has 1 aliphatic heterocycles. The van der Waals surface area contributed by atoms with Crippen LogP contribution in [0, 0.1) is 0 Å². The summed E-state index contributed by atoms with van der Waals surface area (Å²) in [6.45, 7) is -0.735. The normalized spacial score (nSPS) is 14.7. The molecule has 0 bridgehead atoms. The number of furan rings is 1. The van der Waals surface area contributed by atoms with Crippen molar-refractivity contribution in [2.45, 2.75) is 6.18 Å². The van der Waals surface area contributed by atoms with Gasteiger partial charge in [-0.1, -0.05) is 12.1 Å². The standard InChI is InChI=1S/C25H17F3N2O7S/c1-36-19-8-6-15(25(26,27)28)10-17(19)29-21(31)12-30-22(32)20(38-24(30)35)11-16-7-9-18(37-16)13-2-4-14(5-3-13)23(33)34/h2-11H,12H2,1H3,(H,29,31)(H,33,34)/b20-11-. The minimum absolute atomic E-state index is 0.0263. The zero-order valence-electron chi connectivity index (χ0n) is 19.4. The molecular weight excluding hydrogens is 529 g/mol. The second-order valence-electron chi connectivity index (χ2n) is 7.81. The lowest BCUT2D eigenvalue weighted by Crippen LogP contribution is -2.36. The average molecular weight is 546 g/mol. The van der Waals surface area contributed by atoms with E-state index in [4.69, 9.17) is 14.3 Å². The number of benzene rings is 2. The number of nitrogens with one attached hydrogen (secondary N) is 1. The smallest absolute Gasteiger partial charge is 0.416 e. The number of ether oxygens (including phenoxy) is 1. The second kappa shape index (κ2) is 10.5. The van der Waals surface area contributed by atoms with Gasteiger partial charge in [-0.25, -0.2) is 4.79 Å². The molecule has 3 amide bonds. The highest BCUT2D eigenvalue weighted by molar-refractivity contribution is 8.18. The molecule has 1 fully saturated rings. The van der Waals surface area contributed by atoms with Gasteiger partial charge in [-0.15, -0.1) is 0 Å². The number of carbonyl (C=O) groups is 4. The number of aromatic carboxylic acids is 1. The molecule has 0 atom stereocenters. The van der Waals surface area contributed by atoms with E-state index >= 15 is 0 Å². The van der Waals surface area contributed by atoms with Crippen LogP contribution in [0.25, 0.3) is 17.4 Å². The second-order valence-corrected chi connectivity index (χ2v) is 8.81. The van der Waals surface area contributed by atoms with Crippen molar-refractivity contribution in [3.05, 3.63) is 76.4 Å². The fraction of sp³-hybridized carbons (Fsp3) is 0.120. The van der Waals surface area contributed by atoms with Crippen molar-refractivity contribution in [3.8, 4) is 17.1 Å². The first-order valence-electron chi connectivity index (χ1n) is 10.7. The molecule has 2 N–H and O–H groups in total. The molecule has 0 saturated carbocycles. The molecule has 2 aromatic carbocycles. The molecule has 1 saturated heterocycles. The van der Waals surface area contributed by atoms with Crippen LogP contribution in [-0.4, -0.2) is 46.7 Å². The number of nitrogens with zero attached hydrogens (tertiary/aromatic N) is 1. The summed E-state index contributed by atoms with van der Waals surface area (Å²) in [6.07, 6.45) is -3.34. The minimum atomic E-state index is -4.66. The Balaban J connectivity index is 1.46. The maximum Gasteiger partial charge on any atom is 0.416 e. The first-order chi connectivity index (χ1) is 18.0. The molecule has 0 radical (unpaired) electrons. The predicted octanol–water partition coefficient (Wildman–Crippen LogP) is 5.35. The maximum absolute atomic E-state index is 13.0. The van der Waals surface area contributed by atoms with E-state index in [0.29, 0.717) is 34.1 Å². The molecule has 38 heavy (non-hydrogen) atoms. The Morgan fingerprint density at radius 2 is 1.82 bits per heavy atom. The van der Waals surface area contributed by atoms with E-state index < -0.39 is 41.3 Å². The van der Waals surface area contributed by atoms with Gasteiger partial charge >= 0.3 is 12.1 Å². The van der Waals surface area contributed by atoms with Crippen LogP contribution in [0.4, 0.5) is 23.7 Å². The van der Waals surface area contributed by atoms with Gasteiger partial charge in [-0.05, 0) is 54.2 Å². The van der Waals surface area contributed by atoms with Crippen LogP contribution in [-0.2, 0) is 15.8 Å². The van der Waals surface area contributed by atoms with Gasteiger partial charge in [0.15, 0.2) is 0 Å². The van der Waals surface area contributed by atoms with Crippen molar-refractivity contribution in [3.63, 3.8) is 0 Å². The molecule has 1 aliphatic rings. The zero-order chi connectivity index (χ0) is 27.6. The Morgan fingerprint density at radius 1 is 1.11 bits per heavy atom. The van der Waals surface area contributed by atoms with Crippen LogP contribution in [0.5, 0.6) is 5.75 Å². The molecule has 0 aliphatic carbocycles. The van der Waals surface area contributed by atoms with E-state index in [9.17, 15) is 32.3 Å². The Labute approximate surface area is 216 Å². The van der Waals surface area contributed by atoms with E-state index in [0.717, 1.165) is 12.1 Å². The first-order valence-corrected chi connectivity index (χ1v) is 11.5. The molecule has 13 heteroatoms. The number of amides is 3. The summed E-state index contributed by atoms with van der Waals surface area (Å²) >= 11 is 0.568. The molecule has 196 valence electrons. The Hall–Kier alpha value is -4.52. The van der Waals surface area contributed by atoms with E-state index in [1.54, 1.807) is 24.3 Å². The van der Waals surface area contributed by atoms with Crippen molar-refractivity contribution in [2.75, 3.05) is 19.0 Å². The van der Waals surface area contributed by atoms with Gasteiger partial charge in [0.05, 0.1) is 28.8 Å². The number of carboxylic acids is 1. The lowest BCUT2D eigenvalue weighted by Gasteiger charge is -2.16. The highest BCUT2D eigenvalue weighted by Gasteiger charge is 2.37. The minimum Gasteiger partial charge on any atom is -0.495 e. The Morgan fingerprint density at radius 3 is 2.45 bits per heavy atom. The van der Waals surface area contributed by atoms with Crippen molar-refractivity contribution in [1.82, 2.24) is 4.90 Å². The van der Waals surface area contributed by atoms with E-state index in [1.165, 1.54) is 25.3 Å². The van der Waals surface area contributed by atoms with Gasteiger partial charge in [0.25, 0.3) is 11.1 Å². The Kier molecular flexibility index (Phi) is 7.30. The molecule has 2 heterocycles. The number of anilines is 1. The van der Waals surface area contributed by atoms with Crippen LogP contribution in [0.1, 0.15) is 21.7 Å². The Bertz CT molecular complexity index is 1460. The molecule has 9 nitrogen and oxygen atoms in total. The monoisotopic (exact) mass is 546 g/mol. The first kappa shape index (κ1) is 26.5. The molecule has 1 aromatic heterocycles. The summed E-state index contributed by atoms with van der Waals surface area (Å²) in [7, 11) is 1.21. The third kappa shape index (κ3) is 5.72. The predicted molar refractivity (Wildman–Crippen MR) is 130 cm³/mol. The van der Waals surface area contributed by atoms with Crippen molar-refractivity contribution < 1.29 is 46.6 Å². The van der Waals surface area contributed by atoms with Crippen LogP contribution < -0.4 is 10.1 Å². The van der Waals surface area contributed by atoms with E-state index in [-0.39, 0.29) is 27.7 Å². The van der Waals surface area contributed by atoms with Gasteiger partial charge < -0.3 is 19.6 Å². The van der Waals surface area contributed by atoms with Crippen LogP contribution in [0.15, 0.2) is 63.9 Å². The number of carbonyl (C=O) groups excluding carboxylic acids is 3. The number of thioether (sulfide) groups is 1. The van der Waals surface area contributed by atoms with E-state index in [2.05, 4.69) is 5.32 Å². The van der Waals surface area contributed by atoms with Crippen molar-refractivity contribution in [1.29, 1.82) is 0 Å². The third-order valence-corrected chi connectivity index (χ3v) is 6.20. The van der Waals surface area contributed by atoms with Crippen LogP contribution >= 0.6 is 11.8 Å². The molecule has 3 aromatic rings. The quantitative estimate of drug-likeness (QED) is 0.380. The SMILES string of the molecule is COc1ccc(C(F)(F)F)cc1NC(=O)CN1C(=O)S/C(=C\c2ccc(-c3ccc(C(=O)O)cc3)o2)C1=O. The van der Waals surface area contributed by atoms with Gasteiger partial charge in [0.2, 0.25) is 5.91 Å². The topological polar surface area (TPSA) is 126 Å². The summed E-state index contributed by atoms with van der Waals surface area (Å²) in [5, 5.41) is 10.5. The summed E-state index contributed by atoms with van der Waals surface area (Å²) < 4.78 is 49.8. The number of imide groups is 1. The zero-order valence-corrected chi connectivity index (χ0v) is 20.2. The molecule has 0 unspecified atom stereocenters. The maximum atomic E-state index is 13.0. The number of hydrogen-bond acceptors (Lipinski definition) is 7. The highest BCUT2D eigenvalue weighted by Crippen LogP contribution is 2.36. The summed E-state index contributed by atoms with van der Waals surface area (Å²) in [5.41, 5.74) is -0.595. The number of carboxylic acid groups (broad SMARTS) is 1. The number of hydrogen-bond donors (Lipinski definition) is 2. The number of methoxy groups -OCH3 is 1. The number of alkyl halides is 3. The lowest BCUT2D eigenvalue weighted by molar-refractivity contribution is -0.137. The largest absolute Gasteiger partial charge is 0.495 e. The van der Waals surface area contributed by atoms with E-state index in [1.807, 2.05) is 0 Å². The number of rotatable bonds is 7. The number of halogens is 3. The van der Waals surface area contributed by atoms with Crippen LogP contribution in [0.2, 0.25) is 0 Å². The third-order valence-electron chi connectivity index (χ3n) is 5.29. The fourth-order valence-electron chi connectivity index (χ4n) is 3.44. The fourth-order valence-corrected chi connectivity index (χ4v) is 4.26. The summed E-state index contributed by atoms with van der Waals surface area (Å²) in [4.78, 5) is 49.3.